The van der Waals surface area contributed by atoms with Crippen molar-refractivity contribution in [1.29, 1.82) is 0 Å². The van der Waals surface area contributed by atoms with Gasteiger partial charge in [0.15, 0.2) is 0 Å². The van der Waals surface area contributed by atoms with E-state index < -0.39 is 0 Å². The third-order valence-electron chi connectivity index (χ3n) is 2.69. The Hall–Kier alpha value is -2.35. The molecule has 0 saturated carbocycles. The van der Waals surface area contributed by atoms with E-state index in [1.807, 2.05) is 55.5 Å². The minimum atomic E-state index is 0.956. The number of hydrogen-bond donors (Lipinski definition) is 1. The molecule has 0 spiro atoms. The van der Waals surface area contributed by atoms with E-state index >= 15 is 0 Å². The molecule has 0 saturated heterocycles. The van der Waals surface area contributed by atoms with Crippen LogP contribution in [0.3, 0.4) is 0 Å². The summed E-state index contributed by atoms with van der Waals surface area (Å²) in [6, 6.07) is 8.10. The first-order valence-electron chi connectivity index (χ1n) is 5.91. The number of nitrogens with one attached hydrogen (secondary N) is 1. The molecule has 0 radical (unpaired) electrons. The van der Waals surface area contributed by atoms with Gasteiger partial charge in [0, 0.05) is 5.39 Å². The van der Waals surface area contributed by atoms with Crippen molar-refractivity contribution in [2.45, 2.75) is 6.92 Å². The molecular weight excluding hydrogens is 220 g/mol. The van der Waals surface area contributed by atoms with Crippen molar-refractivity contribution in [1.82, 2.24) is 10.2 Å². The molecule has 0 atom stereocenters. The zero-order valence-electron chi connectivity index (χ0n) is 10.4. The Morgan fingerprint density at radius 3 is 2.89 bits per heavy atom. The molecule has 1 aromatic heterocycles. The predicted octanol–water partition coefficient (Wildman–Crippen LogP) is 4.26. The van der Waals surface area contributed by atoms with Crippen molar-refractivity contribution in [3.63, 3.8) is 0 Å². The van der Waals surface area contributed by atoms with Gasteiger partial charge in [-0.2, -0.15) is 5.10 Å². The van der Waals surface area contributed by atoms with Crippen molar-refractivity contribution in [3.8, 4) is 0 Å². The first-order chi connectivity index (χ1) is 8.85. The Labute approximate surface area is 107 Å². The maximum absolute atomic E-state index is 4.30. The quantitative estimate of drug-likeness (QED) is 0.789. The monoisotopic (exact) mass is 236 g/mol. The lowest BCUT2D eigenvalue weighted by molar-refractivity contribution is 1.11. The fourth-order valence-electron chi connectivity index (χ4n) is 1.71. The lowest BCUT2D eigenvalue weighted by atomic mass is 10.1. The molecule has 90 valence electrons. The number of allylic oxidation sites excluding steroid dienone is 6. The highest BCUT2D eigenvalue weighted by Gasteiger charge is 2.00. The van der Waals surface area contributed by atoms with Gasteiger partial charge in [0.25, 0.3) is 0 Å². The average molecular weight is 236 g/mol. The number of fused-ring (bicyclic) bond motifs is 1. The molecule has 0 aliphatic heterocycles. The molecule has 18 heavy (non-hydrogen) atoms. The molecule has 2 heteroatoms. The Kier molecular flexibility index (Phi) is 3.92. The molecule has 2 rings (SSSR count). The van der Waals surface area contributed by atoms with E-state index in [9.17, 15) is 0 Å². The van der Waals surface area contributed by atoms with Crippen LogP contribution in [0.5, 0.6) is 0 Å². The van der Waals surface area contributed by atoms with Crippen LogP contribution in [0.4, 0.5) is 0 Å². The number of rotatable bonds is 4. The van der Waals surface area contributed by atoms with Crippen molar-refractivity contribution in [3.05, 3.63) is 72.5 Å². The number of hydrogen-bond acceptors (Lipinski definition) is 1. The van der Waals surface area contributed by atoms with Gasteiger partial charge < -0.3 is 0 Å². The summed E-state index contributed by atoms with van der Waals surface area (Å²) >= 11 is 0. The zero-order chi connectivity index (χ0) is 12.8. The summed E-state index contributed by atoms with van der Waals surface area (Å²) in [5.41, 5.74) is 3.14. The van der Waals surface area contributed by atoms with Gasteiger partial charge in [-0.15, -0.1) is 0 Å². The Bertz CT molecular complexity index is 627. The molecular formula is C16H16N2. The second-order valence-electron chi connectivity index (χ2n) is 3.87. The first-order valence-corrected chi connectivity index (χ1v) is 5.91. The highest BCUT2D eigenvalue weighted by molar-refractivity contribution is 5.86. The van der Waals surface area contributed by atoms with E-state index in [1.54, 1.807) is 6.08 Å². The normalized spacial score (nSPS) is 12.8. The van der Waals surface area contributed by atoms with Gasteiger partial charge in [-0.25, -0.2) is 0 Å². The molecule has 0 fully saturated rings. The molecule has 1 heterocycles. The summed E-state index contributed by atoms with van der Waals surface area (Å²) in [6.45, 7) is 5.67. The van der Waals surface area contributed by atoms with Crippen LogP contribution in [-0.2, 0) is 0 Å². The van der Waals surface area contributed by atoms with E-state index in [0.29, 0.717) is 0 Å². The van der Waals surface area contributed by atoms with Gasteiger partial charge in [0.05, 0.1) is 11.2 Å². The maximum Gasteiger partial charge on any atom is 0.0927 e. The van der Waals surface area contributed by atoms with E-state index in [4.69, 9.17) is 0 Å². The van der Waals surface area contributed by atoms with Gasteiger partial charge in [0.2, 0.25) is 0 Å². The molecule has 0 amide bonds. The fraction of sp³-hybridized carbons (Fsp3) is 0.0625. The summed E-state index contributed by atoms with van der Waals surface area (Å²) in [7, 11) is 0. The Morgan fingerprint density at radius 2 is 2.11 bits per heavy atom. The Morgan fingerprint density at radius 1 is 1.28 bits per heavy atom. The largest absolute Gasteiger partial charge is 0.277 e. The number of aromatic amines is 1. The summed E-state index contributed by atoms with van der Waals surface area (Å²) in [5.74, 6) is 0. The van der Waals surface area contributed by atoms with Crippen LogP contribution in [-0.4, -0.2) is 10.2 Å². The van der Waals surface area contributed by atoms with Crippen LogP contribution >= 0.6 is 0 Å². The van der Waals surface area contributed by atoms with E-state index in [2.05, 4.69) is 22.8 Å². The highest BCUT2D eigenvalue weighted by atomic mass is 15.1. The minimum Gasteiger partial charge on any atom is -0.277 e. The molecule has 1 aromatic carbocycles. The standard InChI is InChI=1S/C16H16N2/c1-3-5-8-13(4-2)11-12-16-14-9-6-7-10-15(14)17-18-16/h3-12H,1H2,2H3,(H,17,18)/b8-5-,12-11+,13-4+. The third kappa shape index (κ3) is 2.66. The van der Waals surface area contributed by atoms with Crippen molar-refractivity contribution >= 4 is 17.0 Å². The number of H-pyrrole nitrogens is 1. The fourth-order valence-corrected chi connectivity index (χ4v) is 1.71. The summed E-state index contributed by atoms with van der Waals surface area (Å²) < 4.78 is 0. The number of para-hydroxylation sites is 1. The lowest BCUT2D eigenvalue weighted by Gasteiger charge is -1.91. The molecule has 0 aliphatic rings. The van der Waals surface area contributed by atoms with Crippen molar-refractivity contribution in [2.24, 2.45) is 0 Å². The van der Waals surface area contributed by atoms with Crippen molar-refractivity contribution < 1.29 is 0 Å². The summed E-state index contributed by atoms with van der Waals surface area (Å²) in [4.78, 5) is 0. The van der Waals surface area contributed by atoms with Crippen LogP contribution in [0.1, 0.15) is 12.6 Å². The second kappa shape index (κ2) is 5.82. The molecule has 1 N–H and O–H groups in total. The van der Waals surface area contributed by atoms with Crippen LogP contribution in [0, 0.1) is 0 Å². The number of nitrogens with zero attached hydrogens (tertiary/aromatic N) is 1. The predicted molar refractivity (Wildman–Crippen MR) is 78.2 cm³/mol. The molecule has 0 unspecified atom stereocenters. The van der Waals surface area contributed by atoms with Crippen LogP contribution < -0.4 is 0 Å². The molecule has 2 aromatic rings. The highest BCUT2D eigenvalue weighted by Crippen LogP contribution is 2.17. The summed E-state index contributed by atoms with van der Waals surface area (Å²) in [5, 5.41) is 8.45. The van der Waals surface area contributed by atoms with E-state index in [-0.39, 0.29) is 0 Å². The van der Waals surface area contributed by atoms with Crippen LogP contribution in [0.15, 0.2) is 66.8 Å². The van der Waals surface area contributed by atoms with Crippen molar-refractivity contribution in [2.75, 3.05) is 0 Å². The molecule has 0 bridgehead atoms. The van der Waals surface area contributed by atoms with Crippen LogP contribution in [0.2, 0.25) is 0 Å². The smallest absolute Gasteiger partial charge is 0.0927 e. The summed E-state index contributed by atoms with van der Waals surface area (Å²) in [6.07, 6.45) is 11.8. The van der Waals surface area contributed by atoms with Gasteiger partial charge in [-0.05, 0) is 24.6 Å². The Balaban J connectivity index is 2.28. The van der Waals surface area contributed by atoms with Gasteiger partial charge >= 0.3 is 0 Å². The lowest BCUT2D eigenvalue weighted by Crippen LogP contribution is -1.74. The maximum atomic E-state index is 4.30. The average Bonchev–Trinajstić information content (AvgIpc) is 2.82. The van der Waals surface area contributed by atoms with E-state index in [0.717, 1.165) is 22.2 Å². The SMILES string of the molecule is C=C\C=C/C(/C=C/c1n[nH]c2ccccc12)=C\C. The van der Waals surface area contributed by atoms with Gasteiger partial charge in [-0.1, -0.05) is 55.2 Å². The third-order valence-corrected chi connectivity index (χ3v) is 2.69. The van der Waals surface area contributed by atoms with Crippen LogP contribution in [0.25, 0.3) is 17.0 Å². The van der Waals surface area contributed by atoms with Gasteiger partial charge in [0.1, 0.15) is 0 Å². The number of aromatic nitrogens is 2. The molecule has 2 nitrogen and oxygen atoms in total. The number of benzene rings is 1. The minimum absolute atomic E-state index is 0.956. The molecule has 0 aliphatic carbocycles. The first kappa shape index (κ1) is 12.1. The second-order valence-corrected chi connectivity index (χ2v) is 3.87. The zero-order valence-corrected chi connectivity index (χ0v) is 10.4. The van der Waals surface area contributed by atoms with E-state index in [1.165, 1.54) is 0 Å². The van der Waals surface area contributed by atoms with Gasteiger partial charge in [-0.3, -0.25) is 5.10 Å². The topological polar surface area (TPSA) is 28.7 Å².